The van der Waals surface area contributed by atoms with Gasteiger partial charge < -0.3 is 19.3 Å². The van der Waals surface area contributed by atoms with E-state index in [1.54, 1.807) is 48.3 Å². The van der Waals surface area contributed by atoms with Gasteiger partial charge >= 0.3 is 0 Å². The molecule has 0 spiro atoms. The Morgan fingerprint density at radius 3 is 2.26 bits per heavy atom. The zero-order valence-corrected chi connectivity index (χ0v) is 19.8. The van der Waals surface area contributed by atoms with Gasteiger partial charge in [-0.2, -0.15) is 0 Å². The highest BCUT2D eigenvalue weighted by Crippen LogP contribution is 2.36. The van der Waals surface area contributed by atoms with Gasteiger partial charge in [-0.15, -0.1) is 0 Å². The van der Waals surface area contributed by atoms with Crippen LogP contribution in [0.25, 0.3) is 0 Å². The summed E-state index contributed by atoms with van der Waals surface area (Å²) in [5, 5.41) is 0. The third-order valence-electron chi connectivity index (χ3n) is 6.42. The summed E-state index contributed by atoms with van der Waals surface area (Å²) in [6.07, 6.45) is 0. The number of benzene rings is 3. The smallest absolute Gasteiger partial charge is 0.253 e. The lowest BCUT2D eigenvalue weighted by atomic mass is 9.88. The minimum Gasteiger partial charge on any atom is -0.497 e. The molecule has 0 saturated carbocycles. The highest BCUT2D eigenvalue weighted by atomic mass is 16.5. The van der Waals surface area contributed by atoms with E-state index in [9.17, 15) is 9.59 Å². The summed E-state index contributed by atoms with van der Waals surface area (Å²) in [7, 11) is 5.05. The molecule has 176 valence electrons. The minimum atomic E-state index is -0.344. The van der Waals surface area contributed by atoms with Crippen molar-refractivity contribution in [3.63, 3.8) is 0 Å². The van der Waals surface area contributed by atoms with Crippen molar-refractivity contribution < 1.29 is 19.1 Å². The Bertz CT molecular complexity index is 1130. The zero-order valence-electron chi connectivity index (χ0n) is 19.8. The second kappa shape index (κ2) is 10.4. The number of methoxy groups -OCH3 is 2. The quantitative estimate of drug-likeness (QED) is 0.532. The molecule has 0 aromatic heterocycles. The SMILES string of the molecule is COc1ccc(C(=O)N2CC(C(=O)N(C)Cc3ccccc3)C(c3cccc(OC)c3)C2)cc1. The van der Waals surface area contributed by atoms with Gasteiger partial charge in [-0.3, -0.25) is 9.59 Å². The van der Waals surface area contributed by atoms with Gasteiger partial charge in [0.05, 0.1) is 20.1 Å². The Balaban J connectivity index is 1.59. The Morgan fingerprint density at radius 2 is 1.59 bits per heavy atom. The lowest BCUT2D eigenvalue weighted by molar-refractivity contribution is -0.134. The molecule has 0 N–H and O–H groups in total. The highest BCUT2D eigenvalue weighted by molar-refractivity contribution is 5.95. The number of likely N-dealkylation sites (tertiary alicyclic amines) is 1. The van der Waals surface area contributed by atoms with Crippen molar-refractivity contribution in [2.24, 2.45) is 5.92 Å². The van der Waals surface area contributed by atoms with E-state index in [4.69, 9.17) is 9.47 Å². The molecule has 6 nitrogen and oxygen atoms in total. The van der Waals surface area contributed by atoms with Crippen molar-refractivity contribution in [2.45, 2.75) is 12.5 Å². The van der Waals surface area contributed by atoms with E-state index in [0.717, 1.165) is 16.9 Å². The Hall–Kier alpha value is -3.80. The van der Waals surface area contributed by atoms with Crippen LogP contribution in [0.1, 0.15) is 27.4 Å². The van der Waals surface area contributed by atoms with Gasteiger partial charge in [-0.05, 0) is 47.5 Å². The second-order valence-corrected chi connectivity index (χ2v) is 8.61. The van der Waals surface area contributed by atoms with Gasteiger partial charge in [0.1, 0.15) is 11.5 Å². The summed E-state index contributed by atoms with van der Waals surface area (Å²) in [6.45, 7) is 1.35. The topological polar surface area (TPSA) is 59.1 Å². The van der Waals surface area contributed by atoms with E-state index >= 15 is 0 Å². The Morgan fingerprint density at radius 1 is 0.882 bits per heavy atom. The largest absolute Gasteiger partial charge is 0.497 e. The van der Waals surface area contributed by atoms with E-state index in [1.165, 1.54) is 0 Å². The third-order valence-corrected chi connectivity index (χ3v) is 6.42. The molecule has 0 radical (unpaired) electrons. The maximum Gasteiger partial charge on any atom is 0.253 e. The molecule has 1 fully saturated rings. The van der Waals surface area contributed by atoms with Crippen molar-refractivity contribution in [3.8, 4) is 11.5 Å². The molecule has 0 aliphatic carbocycles. The van der Waals surface area contributed by atoms with Gasteiger partial charge in [-0.1, -0.05) is 42.5 Å². The predicted octanol–water partition coefficient (Wildman–Crippen LogP) is 4.22. The maximum atomic E-state index is 13.6. The number of amides is 2. The molecule has 0 bridgehead atoms. The molecular weight excluding hydrogens is 428 g/mol. The molecule has 2 unspecified atom stereocenters. The van der Waals surface area contributed by atoms with E-state index in [2.05, 4.69) is 0 Å². The monoisotopic (exact) mass is 458 g/mol. The average Bonchev–Trinajstić information content (AvgIpc) is 3.34. The lowest BCUT2D eigenvalue weighted by Crippen LogP contribution is -2.36. The van der Waals surface area contributed by atoms with Gasteiger partial charge in [-0.25, -0.2) is 0 Å². The molecule has 34 heavy (non-hydrogen) atoms. The number of carbonyl (C=O) groups excluding carboxylic acids is 2. The molecular formula is C28H30N2O4. The number of hydrogen-bond acceptors (Lipinski definition) is 4. The Labute approximate surface area is 200 Å². The standard InChI is InChI=1S/C28H30N2O4/c1-29(17-20-8-5-4-6-9-20)28(32)26-19-30(27(31)21-12-14-23(33-2)15-13-21)18-25(26)22-10-7-11-24(16-22)34-3/h4-16,25-26H,17-19H2,1-3H3. The molecule has 1 aliphatic rings. The molecule has 3 aromatic rings. The van der Waals surface area contributed by atoms with Crippen LogP contribution in [0.15, 0.2) is 78.9 Å². The molecule has 3 aromatic carbocycles. The summed E-state index contributed by atoms with van der Waals surface area (Å²) in [5.74, 6) is 0.911. The number of rotatable bonds is 7. The van der Waals surface area contributed by atoms with Crippen LogP contribution in [0.5, 0.6) is 11.5 Å². The second-order valence-electron chi connectivity index (χ2n) is 8.61. The van der Waals surface area contributed by atoms with Crippen LogP contribution in [-0.4, -0.2) is 56.0 Å². The summed E-state index contributed by atoms with van der Waals surface area (Å²) < 4.78 is 10.6. The first-order valence-corrected chi connectivity index (χ1v) is 11.4. The van der Waals surface area contributed by atoms with Gasteiger partial charge in [0.2, 0.25) is 5.91 Å². The van der Waals surface area contributed by atoms with Crippen LogP contribution in [0.3, 0.4) is 0 Å². The van der Waals surface area contributed by atoms with Crippen molar-refractivity contribution in [2.75, 3.05) is 34.4 Å². The van der Waals surface area contributed by atoms with Crippen LogP contribution in [0.2, 0.25) is 0 Å². The van der Waals surface area contributed by atoms with Crippen LogP contribution in [-0.2, 0) is 11.3 Å². The highest BCUT2D eigenvalue weighted by Gasteiger charge is 2.41. The van der Waals surface area contributed by atoms with E-state index in [1.807, 2.05) is 61.6 Å². The Kier molecular flexibility index (Phi) is 7.16. The van der Waals surface area contributed by atoms with Crippen molar-refractivity contribution in [1.82, 2.24) is 9.80 Å². The summed E-state index contributed by atoms with van der Waals surface area (Å²) in [6, 6.07) is 24.8. The molecule has 1 aliphatic heterocycles. The lowest BCUT2D eigenvalue weighted by Gasteiger charge is -2.25. The predicted molar refractivity (Wildman–Crippen MR) is 131 cm³/mol. The number of hydrogen-bond donors (Lipinski definition) is 0. The molecule has 1 saturated heterocycles. The van der Waals surface area contributed by atoms with Gasteiger partial charge in [0.15, 0.2) is 0 Å². The minimum absolute atomic E-state index is 0.0294. The zero-order chi connectivity index (χ0) is 24.1. The average molecular weight is 459 g/mol. The molecule has 1 heterocycles. The summed E-state index contributed by atoms with van der Waals surface area (Å²) in [4.78, 5) is 30.5. The molecule has 2 amide bonds. The van der Waals surface area contributed by atoms with Crippen LogP contribution < -0.4 is 9.47 Å². The van der Waals surface area contributed by atoms with Crippen LogP contribution in [0.4, 0.5) is 0 Å². The fourth-order valence-corrected chi connectivity index (χ4v) is 4.56. The molecule has 6 heteroatoms. The van der Waals surface area contributed by atoms with Gasteiger partial charge in [0.25, 0.3) is 5.91 Å². The van der Waals surface area contributed by atoms with Crippen molar-refractivity contribution in [1.29, 1.82) is 0 Å². The maximum absolute atomic E-state index is 13.6. The molecule has 2 atom stereocenters. The first kappa shape index (κ1) is 23.4. The first-order chi connectivity index (χ1) is 16.5. The van der Waals surface area contributed by atoms with Crippen LogP contribution in [0, 0.1) is 5.92 Å². The third kappa shape index (κ3) is 5.06. The van der Waals surface area contributed by atoms with E-state index < -0.39 is 0 Å². The van der Waals surface area contributed by atoms with Crippen molar-refractivity contribution >= 4 is 11.8 Å². The summed E-state index contributed by atoms with van der Waals surface area (Å²) >= 11 is 0. The number of nitrogens with zero attached hydrogens (tertiary/aromatic N) is 2. The molecule has 4 rings (SSSR count). The number of carbonyl (C=O) groups is 2. The van der Waals surface area contributed by atoms with Crippen molar-refractivity contribution in [3.05, 3.63) is 95.6 Å². The fraction of sp³-hybridized carbons (Fsp3) is 0.286. The summed E-state index contributed by atoms with van der Waals surface area (Å²) in [5.41, 5.74) is 2.65. The van der Waals surface area contributed by atoms with Gasteiger partial charge in [0, 0.05) is 38.2 Å². The van der Waals surface area contributed by atoms with E-state index in [-0.39, 0.29) is 23.7 Å². The first-order valence-electron chi connectivity index (χ1n) is 11.4. The van der Waals surface area contributed by atoms with Crippen LogP contribution >= 0.6 is 0 Å². The van der Waals surface area contributed by atoms with E-state index in [0.29, 0.717) is 30.9 Å². The number of ether oxygens (including phenoxy) is 2. The fourth-order valence-electron chi connectivity index (χ4n) is 4.56. The normalized spacial score (nSPS) is 17.3.